The number of hydrogen-bond acceptors (Lipinski definition) is 4. The van der Waals surface area contributed by atoms with Crippen molar-refractivity contribution < 1.29 is 19.1 Å². The fraction of sp³-hybridized carbons (Fsp3) is 0.250. The van der Waals surface area contributed by atoms with Gasteiger partial charge in [-0.15, -0.1) is 0 Å². The van der Waals surface area contributed by atoms with Crippen molar-refractivity contribution >= 4 is 23.6 Å². The Morgan fingerprint density at radius 2 is 1.74 bits per heavy atom. The average molecular weight is 369 g/mol. The Hall–Kier alpha value is -3.35. The van der Waals surface area contributed by atoms with Gasteiger partial charge >= 0.3 is 12.0 Å². The third-order valence-corrected chi connectivity index (χ3v) is 4.02. The summed E-state index contributed by atoms with van der Waals surface area (Å²) in [5, 5.41) is 5.01. The molecular formula is C20H23N3O4. The van der Waals surface area contributed by atoms with Crippen LogP contribution in [-0.2, 0) is 20.7 Å². The summed E-state index contributed by atoms with van der Waals surface area (Å²) in [6, 6.07) is 12.8. The molecule has 0 fully saturated rings. The van der Waals surface area contributed by atoms with Crippen molar-refractivity contribution in [1.29, 1.82) is 0 Å². The summed E-state index contributed by atoms with van der Waals surface area (Å²) in [5.41, 5.74) is 8.73. The summed E-state index contributed by atoms with van der Waals surface area (Å²) in [6.45, 7) is 3.45. The van der Waals surface area contributed by atoms with Gasteiger partial charge in [0.2, 0.25) is 0 Å². The van der Waals surface area contributed by atoms with E-state index in [1.54, 1.807) is 6.07 Å². The molecule has 0 aliphatic carbocycles. The highest BCUT2D eigenvalue weighted by atomic mass is 16.5. The highest BCUT2D eigenvalue weighted by molar-refractivity contribution is 5.93. The molecule has 7 nitrogen and oxygen atoms in total. The maximum atomic E-state index is 12.3. The number of rotatable bonds is 7. The molecule has 142 valence electrons. The molecule has 0 aliphatic heterocycles. The summed E-state index contributed by atoms with van der Waals surface area (Å²) in [4.78, 5) is 35.4. The average Bonchev–Trinajstić information content (AvgIpc) is 2.63. The van der Waals surface area contributed by atoms with Crippen molar-refractivity contribution in [3.8, 4) is 0 Å². The van der Waals surface area contributed by atoms with Gasteiger partial charge in [0.05, 0.1) is 0 Å². The fourth-order valence-corrected chi connectivity index (χ4v) is 2.47. The van der Waals surface area contributed by atoms with Crippen LogP contribution in [-0.4, -0.2) is 30.6 Å². The zero-order valence-corrected chi connectivity index (χ0v) is 15.3. The monoisotopic (exact) mass is 369 g/mol. The van der Waals surface area contributed by atoms with Crippen LogP contribution in [0.2, 0.25) is 0 Å². The Balaban J connectivity index is 1.92. The van der Waals surface area contributed by atoms with Crippen LogP contribution in [0.3, 0.4) is 0 Å². The number of carbonyl (C=O) groups excluding carboxylic acids is 3. The number of urea groups is 1. The number of ether oxygens (including phenoxy) is 1. The van der Waals surface area contributed by atoms with E-state index in [-0.39, 0.29) is 6.42 Å². The Morgan fingerprint density at radius 3 is 2.37 bits per heavy atom. The highest BCUT2D eigenvalue weighted by Gasteiger charge is 2.22. The largest absolute Gasteiger partial charge is 0.454 e. The van der Waals surface area contributed by atoms with Crippen LogP contribution in [0.1, 0.15) is 16.7 Å². The third kappa shape index (κ3) is 6.47. The summed E-state index contributed by atoms with van der Waals surface area (Å²) in [7, 11) is 0. The molecule has 0 saturated carbocycles. The molecule has 0 aromatic heterocycles. The van der Waals surface area contributed by atoms with Crippen LogP contribution < -0.4 is 16.4 Å². The van der Waals surface area contributed by atoms with Crippen LogP contribution in [0.5, 0.6) is 0 Å². The van der Waals surface area contributed by atoms with E-state index in [0.717, 1.165) is 16.7 Å². The summed E-state index contributed by atoms with van der Waals surface area (Å²) >= 11 is 0. The molecule has 2 aromatic rings. The minimum atomic E-state index is -0.973. The van der Waals surface area contributed by atoms with Gasteiger partial charge in [0, 0.05) is 12.1 Å². The molecule has 0 saturated heterocycles. The van der Waals surface area contributed by atoms with E-state index in [1.807, 2.05) is 56.3 Å². The molecule has 3 amide bonds. The van der Waals surface area contributed by atoms with Gasteiger partial charge < -0.3 is 21.1 Å². The standard InChI is InChI=1S/C20H23N3O4/c1-13-8-9-16(10-14(13)2)22-18(24)12-27-19(25)17(23-20(21)26)11-15-6-4-3-5-7-15/h3-10,17H,11-12H2,1-2H3,(H,22,24)(H3,21,23,26)/t17-/m0/s1. The predicted octanol–water partition coefficient (Wildman–Crippen LogP) is 2.06. The SMILES string of the molecule is Cc1ccc(NC(=O)COC(=O)[C@H](Cc2ccccc2)NC(N)=O)cc1C. The Kier molecular flexibility index (Phi) is 6.93. The van der Waals surface area contributed by atoms with Gasteiger partial charge in [-0.1, -0.05) is 36.4 Å². The van der Waals surface area contributed by atoms with Gasteiger partial charge in [-0.05, 0) is 42.7 Å². The number of nitrogens with one attached hydrogen (secondary N) is 2. The van der Waals surface area contributed by atoms with E-state index in [0.29, 0.717) is 5.69 Å². The molecule has 0 bridgehead atoms. The minimum Gasteiger partial charge on any atom is -0.454 e. The van der Waals surface area contributed by atoms with E-state index < -0.39 is 30.6 Å². The van der Waals surface area contributed by atoms with Crippen LogP contribution in [0.15, 0.2) is 48.5 Å². The number of hydrogen-bond donors (Lipinski definition) is 3. The molecule has 4 N–H and O–H groups in total. The molecule has 0 spiro atoms. The topological polar surface area (TPSA) is 111 Å². The molecule has 27 heavy (non-hydrogen) atoms. The first kappa shape index (κ1) is 20.0. The first-order valence-electron chi connectivity index (χ1n) is 8.49. The zero-order chi connectivity index (χ0) is 19.8. The van der Waals surface area contributed by atoms with Crippen LogP contribution in [0.25, 0.3) is 0 Å². The highest BCUT2D eigenvalue weighted by Crippen LogP contribution is 2.14. The van der Waals surface area contributed by atoms with Crippen molar-refractivity contribution in [2.75, 3.05) is 11.9 Å². The third-order valence-electron chi connectivity index (χ3n) is 4.02. The second-order valence-electron chi connectivity index (χ2n) is 6.21. The number of nitrogens with two attached hydrogens (primary N) is 1. The van der Waals surface area contributed by atoms with Crippen LogP contribution >= 0.6 is 0 Å². The number of aryl methyl sites for hydroxylation is 2. The molecule has 0 radical (unpaired) electrons. The lowest BCUT2D eigenvalue weighted by Gasteiger charge is -2.16. The second kappa shape index (κ2) is 9.38. The first-order valence-corrected chi connectivity index (χ1v) is 8.49. The summed E-state index contributed by atoms with van der Waals surface area (Å²) in [6.07, 6.45) is 0.210. The predicted molar refractivity (Wildman–Crippen MR) is 102 cm³/mol. The van der Waals surface area contributed by atoms with Gasteiger partial charge in [0.15, 0.2) is 6.61 Å². The van der Waals surface area contributed by atoms with Gasteiger partial charge in [-0.25, -0.2) is 9.59 Å². The van der Waals surface area contributed by atoms with Gasteiger partial charge in [-0.2, -0.15) is 0 Å². The molecule has 0 aliphatic rings. The van der Waals surface area contributed by atoms with Gasteiger partial charge in [0.25, 0.3) is 5.91 Å². The van der Waals surface area contributed by atoms with Gasteiger partial charge in [0.1, 0.15) is 6.04 Å². The van der Waals surface area contributed by atoms with Crippen LogP contribution in [0, 0.1) is 13.8 Å². The van der Waals surface area contributed by atoms with E-state index in [1.165, 1.54) is 0 Å². The van der Waals surface area contributed by atoms with Crippen molar-refractivity contribution in [1.82, 2.24) is 5.32 Å². The van der Waals surface area contributed by atoms with E-state index in [4.69, 9.17) is 10.5 Å². The normalized spacial score (nSPS) is 11.3. The zero-order valence-electron chi connectivity index (χ0n) is 15.3. The summed E-state index contributed by atoms with van der Waals surface area (Å²) < 4.78 is 5.04. The minimum absolute atomic E-state index is 0.210. The summed E-state index contributed by atoms with van der Waals surface area (Å²) in [5.74, 6) is -1.20. The Morgan fingerprint density at radius 1 is 1.04 bits per heavy atom. The molecule has 2 rings (SSSR count). The van der Waals surface area contributed by atoms with E-state index in [2.05, 4.69) is 10.6 Å². The maximum absolute atomic E-state index is 12.3. The molecular weight excluding hydrogens is 346 g/mol. The number of primary amides is 1. The lowest BCUT2D eigenvalue weighted by Crippen LogP contribution is -2.46. The van der Waals surface area contributed by atoms with Crippen molar-refractivity contribution in [3.63, 3.8) is 0 Å². The fourth-order valence-electron chi connectivity index (χ4n) is 2.47. The van der Waals surface area contributed by atoms with E-state index in [9.17, 15) is 14.4 Å². The number of esters is 1. The number of amides is 3. The van der Waals surface area contributed by atoms with Crippen molar-refractivity contribution in [2.45, 2.75) is 26.3 Å². The lowest BCUT2D eigenvalue weighted by molar-refractivity contribution is -0.149. The van der Waals surface area contributed by atoms with E-state index >= 15 is 0 Å². The quantitative estimate of drug-likeness (QED) is 0.649. The Labute approximate surface area is 157 Å². The number of benzene rings is 2. The molecule has 2 aromatic carbocycles. The molecule has 7 heteroatoms. The Bertz CT molecular complexity index is 821. The van der Waals surface area contributed by atoms with Crippen molar-refractivity contribution in [3.05, 3.63) is 65.2 Å². The lowest BCUT2D eigenvalue weighted by atomic mass is 10.1. The maximum Gasteiger partial charge on any atom is 0.329 e. The molecule has 0 heterocycles. The number of carbonyl (C=O) groups is 3. The molecule has 0 unspecified atom stereocenters. The molecule has 1 atom stereocenters. The first-order chi connectivity index (χ1) is 12.8. The van der Waals surface area contributed by atoms with Crippen molar-refractivity contribution in [2.24, 2.45) is 5.73 Å². The number of anilines is 1. The van der Waals surface area contributed by atoms with Gasteiger partial charge in [-0.3, -0.25) is 4.79 Å². The van der Waals surface area contributed by atoms with Crippen LogP contribution in [0.4, 0.5) is 10.5 Å². The second-order valence-corrected chi connectivity index (χ2v) is 6.21. The smallest absolute Gasteiger partial charge is 0.329 e.